The Morgan fingerprint density at radius 3 is 2.08 bits per heavy atom. The fraction of sp³-hybridized carbons (Fsp3) is 1.00. The highest BCUT2D eigenvalue weighted by molar-refractivity contribution is 4.79. The first-order chi connectivity index (χ1) is 6.27. The van der Waals surface area contributed by atoms with Crippen LogP contribution in [0.3, 0.4) is 0 Å². The van der Waals surface area contributed by atoms with Crippen LogP contribution in [0, 0.1) is 5.41 Å². The molecule has 13 heavy (non-hydrogen) atoms. The minimum atomic E-state index is 0.411. The zero-order valence-corrected chi connectivity index (χ0v) is 10.2. The molecular formula is C11H27NO. The van der Waals surface area contributed by atoms with Crippen LogP contribution in [-0.2, 0) is 4.74 Å². The first-order valence-corrected chi connectivity index (χ1v) is 5.49. The first-order valence-electron chi connectivity index (χ1n) is 5.49. The lowest BCUT2D eigenvalue weighted by molar-refractivity contribution is 0.159. The molecule has 0 aromatic carbocycles. The number of rotatable bonds is 2. The van der Waals surface area contributed by atoms with Crippen LogP contribution >= 0.6 is 0 Å². The topological polar surface area (TPSA) is 21.3 Å². The third-order valence-electron chi connectivity index (χ3n) is 1.90. The summed E-state index contributed by atoms with van der Waals surface area (Å²) < 4.78 is 5.27. The maximum Gasteiger partial charge on any atom is 0.0532 e. The lowest BCUT2D eigenvalue weighted by Crippen LogP contribution is -2.29. The molecule has 0 bridgehead atoms. The molecular weight excluding hydrogens is 162 g/mol. The Kier molecular flexibility index (Phi) is 11.8. The van der Waals surface area contributed by atoms with E-state index in [9.17, 15) is 0 Å². The minimum absolute atomic E-state index is 0.411. The molecule has 1 fully saturated rings. The molecule has 2 heteroatoms. The van der Waals surface area contributed by atoms with E-state index in [-0.39, 0.29) is 0 Å². The maximum absolute atomic E-state index is 5.27. The summed E-state index contributed by atoms with van der Waals surface area (Å²) in [5, 5.41) is 3.17. The Morgan fingerprint density at radius 1 is 1.23 bits per heavy atom. The van der Waals surface area contributed by atoms with Crippen molar-refractivity contribution >= 4 is 0 Å². The van der Waals surface area contributed by atoms with Crippen molar-refractivity contribution in [3.8, 4) is 0 Å². The van der Waals surface area contributed by atoms with Crippen LogP contribution in [0.25, 0.3) is 0 Å². The van der Waals surface area contributed by atoms with Gasteiger partial charge >= 0.3 is 0 Å². The number of nitrogens with one attached hydrogen (secondary N) is 1. The highest BCUT2D eigenvalue weighted by Crippen LogP contribution is 2.26. The van der Waals surface area contributed by atoms with E-state index in [1.807, 2.05) is 34.7 Å². The molecule has 0 amide bonds. The summed E-state index contributed by atoms with van der Waals surface area (Å²) in [6, 6.07) is 0. The molecule has 1 aliphatic heterocycles. The van der Waals surface area contributed by atoms with Crippen LogP contribution in [0.4, 0.5) is 0 Å². The summed E-state index contributed by atoms with van der Waals surface area (Å²) in [5.74, 6) is 0. The largest absolute Gasteiger partial charge is 0.381 e. The van der Waals surface area contributed by atoms with Crippen LogP contribution in [0.1, 0.15) is 41.0 Å². The van der Waals surface area contributed by atoms with Crippen molar-refractivity contribution in [3.63, 3.8) is 0 Å². The summed E-state index contributed by atoms with van der Waals surface area (Å²) in [6.07, 6.45) is 1.20. The second kappa shape index (κ2) is 10.0. The van der Waals surface area contributed by atoms with Gasteiger partial charge in [-0.2, -0.15) is 0 Å². The number of hydrogen-bond donors (Lipinski definition) is 1. The molecule has 1 atom stereocenters. The second-order valence-corrected chi connectivity index (χ2v) is 3.14. The molecule has 0 aliphatic carbocycles. The second-order valence-electron chi connectivity index (χ2n) is 3.14. The van der Waals surface area contributed by atoms with Crippen LogP contribution in [0.2, 0.25) is 0 Å². The summed E-state index contributed by atoms with van der Waals surface area (Å²) in [7, 11) is 1.99. The van der Waals surface area contributed by atoms with Crippen LogP contribution < -0.4 is 5.32 Å². The molecule has 0 saturated carbocycles. The van der Waals surface area contributed by atoms with Crippen LogP contribution in [0.15, 0.2) is 0 Å². The summed E-state index contributed by atoms with van der Waals surface area (Å²) in [4.78, 5) is 0. The van der Waals surface area contributed by atoms with Crippen molar-refractivity contribution in [1.82, 2.24) is 5.32 Å². The Hall–Kier alpha value is -0.0800. The fourth-order valence-electron chi connectivity index (χ4n) is 1.28. The zero-order chi connectivity index (χ0) is 10.7. The SMILES string of the molecule is CC.CC.CNCC1(C)CCOC1. The summed E-state index contributed by atoms with van der Waals surface area (Å²) >= 11 is 0. The van der Waals surface area contributed by atoms with Gasteiger partial charge in [0.2, 0.25) is 0 Å². The van der Waals surface area contributed by atoms with E-state index < -0.39 is 0 Å². The van der Waals surface area contributed by atoms with Gasteiger partial charge in [0, 0.05) is 18.6 Å². The number of ether oxygens (including phenoxy) is 1. The minimum Gasteiger partial charge on any atom is -0.381 e. The number of hydrogen-bond acceptors (Lipinski definition) is 2. The average molecular weight is 189 g/mol. The third kappa shape index (κ3) is 7.03. The van der Waals surface area contributed by atoms with Crippen molar-refractivity contribution in [2.45, 2.75) is 41.0 Å². The average Bonchev–Trinajstić information content (AvgIpc) is 2.60. The van der Waals surface area contributed by atoms with E-state index in [2.05, 4.69) is 12.2 Å². The van der Waals surface area contributed by atoms with Gasteiger partial charge in [0.1, 0.15) is 0 Å². The van der Waals surface area contributed by atoms with Gasteiger partial charge in [-0.3, -0.25) is 0 Å². The maximum atomic E-state index is 5.27. The highest BCUT2D eigenvalue weighted by Gasteiger charge is 2.28. The molecule has 1 rings (SSSR count). The van der Waals surface area contributed by atoms with E-state index in [0.717, 1.165) is 19.8 Å². The highest BCUT2D eigenvalue weighted by atomic mass is 16.5. The van der Waals surface area contributed by atoms with Crippen molar-refractivity contribution in [3.05, 3.63) is 0 Å². The quantitative estimate of drug-likeness (QED) is 0.721. The van der Waals surface area contributed by atoms with Crippen molar-refractivity contribution in [2.24, 2.45) is 5.41 Å². The van der Waals surface area contributed by atoms with Gasteiger partial charge in [-0.15, -0.1) is 0 Å². The van der Waals surface area contributed by atoms with Gasteiger partial charge in [0.25, 0.3) is 0 Å². The van der Waals surface area contributed by atoms with Gasteiger partial charge in [-0.1, -0.05) is 34.6 Å². The molecule has 0 aromatic rings. The van der Waals surface area contributed by atoms with Gasteiger partial charge in [-0.25, -0.2) is 0 Å². The lowest BCUT2D eigenvalue weighted by atomic mass is 9.90. The normalized spacial score (nSPS) is 25.4. The standard InChI is InChI=1S/C7H15NO.2C2H6/c1-7(5-8-2)3-4-9-6-7;2*1-2/h8H,3-6H2,1-2H3;2*1-2H3. The van der Waals surface area contributed by atoms with E-state index in [1.54, 1.807) is 0 Å². The summed E-state index contributed by atoms with van der Waals surface area (Å²) in [6.45, 7) is 13.2. The van der Waals surface area contributed by atoms with E-state index >= 15 is 0 Å². The van der Waals surface area contributed by atoms with Gasteiger partial charge in [-0.05, 0) is 13.5 Å². The lowest BCUT2D eigenvalue weighted by Gasteiger charge is -2.20. The third-order valence-corrected chi connectivity index (χ3v) is 1.90. The molecule has 1 heterocycles. The molecule has 1 aliphatic rings. The molecule has 1 saturated heterocycles. The fourth-order valence-corrected chi connectivity index (χ4v) is 1.28. The molecule has 1 unspecified atom stereocenters. The van der Waals surface area contributed by atoms with E-state index in [1.165, 1.54) is 6.42 Å². The van der Waals surface area contributed by atoms with Crippen LogP contribution in [-0.4, -0.2) is 26.8 Å². The Balaban J connectivity index is 0. The first kappa shape index (κ1) is 15.4. The Labute approximate surface area is 84.1 Å². The molecule has 0 spiro atoms. The predicted molar refractivity (Wildman–Crippen MR) is 60.2 cm³/mol. The molecule has 0 aromatic heterocycles. The van der Waals surface area contributed by atoms with E-state index in [0.29, 0.717) is 5.41 Å². The van der Waals surface area contributed by atoms with Gasteiger partial charge in [0.05, 0.1) is 6.61 Å². The van der Waals surface area contributed by atoms with Gasteiger partial charge < -0.3 is 10.1 Å². The smallest absolute Gasteiger partial charge is 0.0532 e. The summed E-state index contributed by atoms with van der Waals surface area (Å²) in [5.41, 5.74) is 0.411. The van der Waals surface area contributed by atoms with Gasteiger partial charge in [0.15, 0.2) is 0 Å². The van der Waals surface area contributed by atoms with E-state index in [4.69, 9.17) is 4.74 Å². The predicted octanol–water partition coefficient (Wildman–Crippen LogP) is 2.68. The molecule has 82 valence electrons. The Morgan fingerprint density at radius 2 is 1.77 bits per heavy atom. The van der Waals surface area contributed by atoms with Crippen LogP contribution in [0.5, 0.6) is 0 Å². The van der Waals surface area contributed by atoms with Crippen molar-refractivity contribution < 1.29 is 4.74 Å². The van der Waals surface area contributed by atoms with Crippen molar-refractivity contribution in [1.29, 1.82) is 0 Å². The molecule has 1 N–H and O–H groups in total. The zero-order valence-electron chi connectivity index (χ0n) is 10.2. The van der Waals surface area contributed by atoms with Crippen molar-refractivity contribution in [2.75, 3.05) is 26.8 Å². The Bertz CT molecular complexity index is 88.1. The molecule has 0 radical (unpaired) electrons. The monoisotopic (exact) mass is 189 g/mol. The molecule has 2 nitrogen and oxygen atoms in total.